The highest BCUT2D eigenvalue weighted by Crippen LogP contribution is 2.30. The third-order valence-electron chi connectivity index (χ3n) is 5.41. The predicted molar refractivity (Wildman–Crippen MR) is 115 cm³/mol. The maximum atomic E-state index is 12.1. The van der Waals surface area contributed by atoms with Crippen LogP contribution in [0.4, 0.5) is 10.5 Å². The van der Waals surface area contributed by atoms with E-state index in [0.29, 0.717) is 11.4 Å². The topological polar surface area (TPSA) is 96.5 Å². The van der Waals surface area contributed by atoms with Crippen LogP contribution in [-0.4, -0.2) is 23.9 Å². The lowest BCUT2D eigenvalue weighted by molar-refractivity contribution is -0.120. The third kappa shape index (κ3) is 5.37. The van der Waals surface area contributed by atoms with Crippen LogP contribution in [-0.2, 0) is 15.0 Å². The molecule has 0 unspecified atom stereocenters. The van der Waals surface area contributed by atoms with Crippen LogP contribution in [0, 0.1) is 0 Å². The van der Waals surface area contributed by atoms with Crippen molar-refractivity contribution in [2.75, 3.05) is 5.32 Å². The number of rotatable bonds is 8. The lowest BCUT2D eigenvalue weighted by Crippen LogP contribution is -2.30. The molecule has 7 heteroatoms. The van der Waals surface area contributed by atoms with Gasteiger partial charge >= 0.3 is 6.03 Å². The molecule has 0 aliphatic carbocycles. The highest BCUT2D eigenvalue weighted by molar-refractivity contribution is 6.04. The van der Waals surface area contributed by atoms with Crippen molar-refractivity contribution < 1.29 is 19.1 Å². The molecule has 2 aromatic rings. The van der Waals surface area contributed by atoms with Crippen LogP contribution >= 0.6 is 0 Å². The second kappa shape index (κ2) is 8.98. The van der Waals surface area contributed by atoms with Crippen molar-refractivity contribution >= 4 is 23.5 Å². The second-order valence-electron chi connectivity index (χ2n) is 7.99. The first-order chi connectivity index (χ1) is 14.3. The predicted octanol–water partition coefficient (Wildman–Crippen LogP) is 4.09. The average molecular weight is 409 g/mol. The molecule has 1 aliphatic rings. The Balaban J connectivity index is 1.50. The second-order valence-corrected chi connectivity index (χ2v) is 7.99. The number of benzene rings is 2. The number of amides is 4. The van der Waals surface area contributed by atoms with Gasteiger partial charge in [0.2, 0.25) is 5.91 Å². The summed E-state index contributed by atoms with van der Waals surface area (Å²) in [4.78, 5) is 34.7. The fourth-order valence-electron chi connectivity index (χ4n) is 3.08. The van der Waals surface area contributed by atoms with Crippen LogP contribution < -0.4 is 20.7 Å². The van der Waals surface area contributed by atoms with Crippen molar-refractivity contribution in [3.8, 4) is 11.5 Å². The summed E-state index contributed by atoms with van der Waals surface area (Å²) in [5.74, 6) is 0.785. The molecule has 1 heterocycles. The first-order valence-corrected chi connectivity index (χ1v) is 10.1. The zero-order chi connectivity index (χ0) is 21.7. The molecule has 1 fully saturated rings. The van der Waals surface area contributed by atoms with Crippen LogP contribution in [0.25, 0.3) is 0 Å². The Bertz CT molecular complexity index is 920. The van der Waals surface area contributed by atoms with Gasteiger partial charge in [-0.25, -0.2) is 4.79 Å². The summed E-state index contributed by atoms with van der Waals surface area (Å²) >= 11 is 0. The molecule has 0 saturated carbocycles. The van der Waals surface area contributed by atoms with Crippen LogP contribution in [0.2, 0.25) is 0 Å². The molecule has 3 rings (SSSR count). The van der Waals surface area contributed by atoms with Crippen molar-refractivity contribution in [2.45, 2.75) is 51.5 Å². The number of carbonyl (C=O) groups excluding carboxylic acids is 3. The van der Waals surface area contributed by atoms with Gasteiger partial charge in [-0.15, -0.1) is 0 Å². The Morgan fingerprint density at radius 2 is 1.63 bits per heavy atom. The molecule has 3 N–H and O–H groups in total. The number of hydrogen-bond acceptors (Lipinski definition) is 4. The third-order valence-corrected chi connectivity index (χ3v) is 5.41. The van der Waals surface area contributed by atoms with E-state index in [2.05, 4.69) is 48.9 Å². The molecule has 0 bridgehead atoms. The van der Waals surface area contributed by atoms with Crippen molar-refractivity contribution in [1.29, 1.82) is 0 Å². The van der Waals surface area contributed by atoms with Crippen LogP contribution in [0.3, 0.4) is 0 Å². The van der Waals surface area contributed by atoms with Gasteiger partial charge in [-0.3, -0.25) is 14.9 Å². The molecule has 1 atom stereocenters. The summed E-state index contributed by atoms with van der Waals surface area (Å²) in [5, 5.41) is 7.39. The Labute approximate surface area is 176 Å². The first kappa shape index (κ1) is 21.4. The highest BCUT2D eigenvalue weighted by atomic mass is 16.5. The van der Waals surface area contributed by atoms with Gasteiger partial charge in [-0.2, -0.15) is 0 Å². The number of ether oxygens (including phenoxy) is 1. The minimum Gasteiger partial charge on any atom is -0.457 e. The molecule has 158 valence electrons. The summed E-state index contributed by atoms with van der Waals surface area (Å²) in [5.41, 5.74) is 2.03. The molecular formula is C23H27N3O4. The van der Waals surface area contributed by atoms with Gasteiger partial charge in [0.15, 0.2) is 0 Å². The van der Waals surface area contributed by atoms with Crippen molar-refractivity contribution in [3.63, 3.8) is 0 Å². The summed E-state index contributed by atoms with van der Waals surface area (Å²) in [6.07, 6.45) is 1.43. The van der Waals surface area contributed by atoms with E-state index in [1.165, 1.54) is 5.56 Å². The normalized spacial score (nSPS) is 16.0. The van der Waals surface area contributed by atoms with Crippen LogP contribution in [0.1, 0.15) is 45.6 Å². The maximum Gasteiger partial charge on any atom is 0.322 e. The fourth-order valence-corrected chi connectivity index (χ4v) is 3.08. The number of urea groups is 1. The van der Waals surface area contributed by atoms with E-state index in [1.54, 1.807) is 24.3 Å². The SMILES string of the molecule is CCC(C)(C)c1ccc(Oc2ccc(NC(=O)CC[C@H]3NC(=O)NC3=O)cc2)cc1. The molecule has 0 radical (unpaired) electrons. The Hall–Kier alpha value is -3.35. The Morgan fingerprint density at radius 1 is 1.03 bits per heavy atom. The Kier molecular flexibility index (Phi) is 6.40. The van der Waals surface area contributed by atoms with E-state index < -0.39 is 18.0 Å². The molecule has 2 aromatic carbocycles. The minimum atomic E-state index is -0.659. The van der Waals surface area contributed by atoms with Crippen LogP contribution in [0.5, 0.6) is 11.5 Å². The molecule has 1 saturated heterocycles. The number of carbonyl (C=O) groups is 3. The van der Waals surface area contributed by atoms with Gasteiger partial charge in [0.05, 0.1) is 0 Å². The van der Waals surface area contributed by atoms with Gasteiger partial charge in [-0.05, 0) is 60.2 Å². The van der Waals surface area contributed by atoms with E-state index in [1.807, 2.05) is 12.1 Å². The standard InChI is InChI=1S/C23H27N3O4/c1-4-23(2,3)15-5-9-17(10-6-15)30-18-11-7-16(8-12-18)24-20(27)14-13-19-21(28)26-22(29)25-19/h5-12,19H,4,13-14H2,1-3H3,(H,24,27)(H2,25,26,28,29)/t19-/m1/s1. The lowest BCUT2D eigenvalue weighted by atomic mass is 9.82. The molecule has 0 spiro atoms. The van der Waals surface area contributed by atoms with Gasteiger partial charge in [0, 0.05) is 12.1 Å². The van der Waals surface area contributed by atoms with Gasteiger partial charge in [-0.1, -0.05) is 32.9 Å². The average Bonchev–Trinajstić information content (AvgIpc) is 3.05. The number of nitrogens with one attached hydrogen (secondary N) is 3. The number of anilines is 1. The largest absolute Gasteiger partial charge is 0.457 e. The summed E-state index contributed by atoms with van der Waals surface area (Å²) in [6, 6.07) is 14.0. The van der Waals surface area contributed by atoms with E-state index in [-0.39, 0.29) is 24.2 Å². The molecule has 1 aliphatic heterocycles. The fraction of sp³-hybridized carbons (Fsp3) is 0.348. The smallest absolute Gasteiger partial charge is 0.322 e. The molecule has 7 nitrogen and oxygen atoms in total. The molecule has 4 amide bonds. The highest BCUT2D eigenvalue weighted by Gasteiger charge is 2.29. The molecular weight excluding hydrogens is 382 g/mol. The van der Waals surface area contributed by atoms with Gasteiger partial charge in [0.1, 0.15) is 17.5 Å². The zero-order valence-electron chi connectivity index (χ0n) is 17.5. The van der Waals surface area contributed by atoms with Crippen molar-refractivity contribution in [3.05, 3.63) is 54.1 Å². The quantitative estimate of drug-likeness (QED) is 0.572. The summed E-state index contributed by atoms with van der Waals surface area (Å²) in [7, 11) is 0. The molecule has 30 heavy (non-hydrogen) atoms. The van der Waals surface area contributed by atoms with Crippen molar-refractivity contribution in [2.24, 2.45) is 0 Å². The minimum absolute atomic E-state index is 0.122. The van der Waals surface area contributed by atoms with E-state index in [0.717, 1.165) is 12.2 Å². The van der Waals surface area contributed by atoms with Crippen LogP contribution in [0.15, 0.2) is 48.5 Å². The monoisotopic (exact) mass is 409 g/mol. The van der Waals surface area contributed by atoms with E-state index in [9.17, 15) is 14.4 Å². The zero-order valence-corrected chi connectivity index (χ0v) is 17.5. The summed E-state index contributed by atoms with van der Waals surface area (Å²) in [6.45, 7) is 6.61. The van der Waals surface area contributed by atoms with E-state index >= 15 is 0 Å². The number of imide groups is 1. The Morgan fingerprint density at radius 3 is 2.17 bits per heavy atom. The lowest BCUT2D eigenvalue weighted by Gasteiger charge is -2.23. The first-order valence-electron chi connectivity index (χ1n) is 10.1. The summed E-state index contributed by atoms with van der Waals surface area (Å²) < 4.78 is 5.88. The number of hydrogen-bond donors (Lipinski definition) is 3. The van der Waals surface area contributed by atoms with Gasteiger partial charge in [0.25, 0.3) is 5.91 Å². The van der Waals surface area contributed by atoms with Crippen molar-refractivity contribution in [1.82, 2.24) is 10.6 Å². The van der Waals surface area contributed by atoms with E-state index in [4.69, 9.17) is 4.74 Å². The van der Waals surface area contributed by atoms with Gasteiger partial charge < -0.3 is 15.4 Å². The molecule has 0 aromatic heterocycles. The maximum absolute atomic E-state index is 12.1.